The van der Waals surface area contributed by atoms with Crippen LogP contribution >= 0.6 is 0 Å². The Kier molecular flexibility index (Phi) is 2.22. The molecule has 0 radical (unpaired) electrons. The number of hydrogen-bond acceptors (Lipinski definition) is 3. The molecule has 3 rings (SSSR count). The topological polar surface area (TPSA) is 53.6 Å². The number of pyridine rings is 1. The average molecular weight is 228 g/mol. The Morgan fingerprint density at radius 1 is 1.12 bits per heavy atom. The molecule has 0 amide bonds. The zero-order valence-corrected chi connectivity index (χ0v) is 8.81. The van der Waals surface area contributed by atoms with Gasteiger partial charge in [0.05, 0.1) is 5.52 Å². The first-order chi connectivity index (χ1) is 8.33. The van der Waals surface area contributed by atoms with Gasteiger partial charge in [0.15, 0.2) is 5.82 Å². The molecular formula is C12H9FN4. The van der Waals surface area contributed by atoms with E-state index in [1.807, 2.05) is 12.1 Å². The van der Waals surface area contributed by atoms with E-state index in [0.29, 0.717) is 5.82 Å². The van der Waals surface area contributed by atoms with Gasteiger partial charge in [-0.25, -0.2) is 4.39 Å². The maximum atomic E-state index is 12.8. The third kappa shape index (κ3) is 1.82. The van der Waals surface area contributed by atoms with E-state index in [1.54, 1.807) is 18.3 Å². The van der Waals surface area contributed by atoms with E-state index in [4.69, 9.17) is 0 Å². The highest BCUT2D eigenvalue weighted by Gasteiger charge is 2.05. The number of nitrogens with one attached hydrogen (secondary N) is 2. The van der Waals surface area contributed by atoms with Crippen molar-refractivity contribution in [1.29, 1.82) is 0 Å². The van der Waals surface area contributed by atoms with E-state index in [9.17, 15) is 4.39 Å². The summed E-state index contributed by atoms with van der Waals surface area (Å²) in [4.78, 5) is 4.22. The summed E-state index contributed by atoms with van der Waals surface area (Å²) in [6.45, 7) is 0. The molecule has 1 aromatic carbocycles. The van der Waals surface area contributed by atoms with Gasteiger partial charge in [-0.05, 0) is 36.4 Å². The number of halogens is 1. The van der Waals surface area contributed by atoms with Crippen molar-refractivity contribution in [2.45, 2.75) is 0 Å². The Bertz CT molecular complexity index is 645. The van der Waals surface area contributed by atoms with Crippen LogP contribution < -0.4 is 5.32 Å². The van der Waals surface area contributed by atoms with Gasteiger partial charge in [-0.1, -0.05) is 0 Å². The fraction of sp³-hybridized carbons (Fsp3) is 0. The van der Waals surface area contributed by atoms with Crippen molar-refractivity contribution in [3.63, 3.8) is 0 Å². The van der Waals surface area contributed by atoms with E-state index in [0.717, 1.165) is 16.7 Å². The van der Waals surface area contributed by atoms with Gasteiger partial charge in [0.1, 0.15) is 11.3 Å². The molecule has 0 aliphatic carbocycles. The molecule has 0 saturated carbocycles. The minimum Gasteiger partial charge on any atom is -0.337 e. The van der Waals surface area contributed by atoms with Gasteiger partial charge in [-0.2, -0.15) is 5.10 Å². The van der Waals surface area contributed by atoms with Crippen LogP contribution in [0.2, 0.25) is 0 Å². The van der Waals surface area contributed by atoms with Crippen molar-refractivity contribution in [3.8, 4) is 0 Å². The highest BCUT2D eigenvalue weighted by atomic mass is 19.1. The largest absolute Gasteiger partial charge is 0.337 e. The highest BCUT2D eigenvalue weighted by molar-refractivity contribution is 5.87. The van der Waals surface area contributed by atoms with E-state index in [2.05, 4.69) is 20.5 Å². The monoisotopic (exact) mass is 228 g/mol. The Balaban J connectivity index is 1.97. The normalized spacial score (nSPS) is 10.6. The van der Waals surface area contributed by atoms with Gasteiger partial charge in [-0.3, -0.25) is 10.1 Å². The van der Waals surface area contributed by atoms with E-state index >= 15 is 0 Å². The lowest BCUT2D eigenvalue weighted by Gasteiger charge is -2.02. The van der Waals surface area contributed by atoms with E-state index < -0.39 is 0 Å². The van der Waals surface area contributed by atoms with Crippen molar-refractivity contribution in [2.75, 3.05) is 5.32 Å². The van der Waals surface area contributed by atoms with Crippen LogP contribution in [-0.4, -0.2) is 15.2 Å². The minimum absolute atomic E-state index is 0.263. The maximum Gasteiger partial charge on any atom is 0.178 e. The van der Waals surface area contributed by atoms with Crippen molar-refractivity contribution >= 4 is 22.5 Å². The number of benzene rings is 1. The van der Waals surface area contributed by atoms with Gasteiger partial charge in [-0.15, -0.1) is 0 Å². The molecule has 5 heteroatoms. The number of anilines is 2. The average Bonchev–Trinajstić information content (AvgIpc) is 2.76. The van der Waals surface area contributed by atoms with Crippen LogP contribution in [0, 0.1) is 5.82 Å². The number of aromatic nitrogens is 3. The fourth-order valence-corrected chi connectivity index (χ4v) is 1.61. The number of hydrogen-bond donors (Lipinski definition) is 2. The van der Waals surface area contributed by atoms with Crippen LogP contribution in [0.25, 0.3) is 11.0 Å². The van der Waals surface area contributed by atoms with Crippen LogP contribution in [0.4, 0.5) is 15.9 Å². The predicted octanol–water partition coefficient (Wildman–Crippen LogP) is 2.84. The second kappa shape index (κ2) is 3.86. The van der Waals surface area contributed by atoms with E-state index in [1.165, 1.54) is 12.1 Å². The molecule has 0 bridgehead atoms. The first-order valence-corrected chi connectivity index (χ1v) is 5.14. The van der Waals surface area contributed by atoms with Crippen LogP contribution in [0.1, 0.15) is 0 Å². The second-order valence-electron chi connectivity index (χ2n) is 3.60. The molecule has 0 aliphatic rings. The molecule has 0 spiro atoms. The molecule has 17 heavy (non-hydrogen) atoms. The number of fused-ring (bicyclic) bond motifs is 1. The molecule has 84 valence electrons. The number of nitrogens with zero attached hydrogens (tertiary/aromatic N) is 2. The van der Waals surface area contributed by atoms with Gasteiger partial charge in [0.25, 0.3) is 0 Å². The summed E-state index contributed by atoms with van der Waals surface area (Å²) >= 11 is 0. The molecule has 2 N–H and O–H groups in total. The molecule has 4 nitrogen and oxygen atoms in total. The molecule has 0 aliphatic heterocycles. The quantitative estimate of drug-likeness (QED) is 0.709. The Morgan fingerprint density at radius 2 is 1.94 bits per heavy atom. The van der Waals surface area contributed by atoms with Crippen LogP contribution in [0.15, 0.2) is 42.6 Å². The Labute approximate surface area is 96.5 Å². The van der Waals surface area contributed by atoms with Gasteiger partial charge < -0.3 is 5.32 Å². The van der Waals surface area contributed by atoms with E-state index in [-0.39, 0.29) is 5.82 Å². The molecule has 0 fully saturated rings. The molecule has 0 saturated heterocycles. The van der Waals surface area contributed by atoms with Crippen molar-refractivity contribution in [3.05, 3.63) is 48.4 Å². The van der Waals surface area contributed by atoms with Crippen LogP contribution in [0.3, 0.4) is 0 Å². The fourth-order valence-electron chi connectivity index (χ4n) is 1.61. The van der Waals surface area contributed by atoms with Crippen molar-refractivity contribution in [2.24, 2.45) is 0 Å². The number of H-pyrrole nitrogens is 1. The predicted molar refractivity (Wildman–Crippen MR) is 63.6 cm³/mol. The lowest BCUT2D eigenvalue weighted by atomic mass is 10.3. The lowest BCUT2D eigenvalue weighted by molar-refractivity contribution is 0.628. The van der Waals surface area contributed by atoms with Crippen molar-refractivity contribution < 1.29 is 4.39 Å². The smallest absolute Gasteiger partial charge is 0.178 e. The van der Waals surface area contributed by atoms with Crippen LogP contribution in [-0.2, 0) is 0 Å². The Hall–Kier alpha value is -2.43. The zero-order chi connectivity index (χ0) is 11.7. The molecule has 3 aromatic rings. The molecule has 0 atom stereocenters. The molecule has 2 heterocycles. The van der Waals surface area contributed by atoms with Gasteiger partial charge >= 0.3 is 0 Å². The third-order valence-corrected chi connectivity index (χ3v) is 2.43. The summed E-state index contributed by atoms with van der Waals surface area (Å²) < 4.78 is 12.8. The molecule has 0 unspecified atom stereocenters. The first kappa shape index (κ1) is 9.77. The number of rotatable bonds is 2. The number of aromatic amines is 1. The summed E-state index contributed by atoms with van der Waals surface area (Å²) in [6, 6.07) is 9.82. The summed E-state index contributed by atoms with van der Waals surface area (Å²) in [5, 5.41) is 10.1. The third-order valence-electron chi connectivity index (χ3n) is 2.43. The Morgan fingerprint density at radius 3 is 2.76 bits per heavy atom. The SMILES string of the molecule is Fc1ccc(Nc2n[nH]c3cccnc23)cc1. The maximum absolute atomic E-state index is 12.8. The highest BCUT2D eigenvalue weighted by Crippen LogP contribution is 2.21. The first-order valence-electron chi connectivity index (χ1n) is 5.14. The van der Waals surface area contributed by atoms with Crippen molar-refractivity contribution in [1.82, 2.24) is 15.2 Å². The molecular weight excluding hydrogens is 219 g/mol. The summed E-state index contributed by atoms with van der Waals surface area (Å²) in [6.07, 6.45) is 1.70. The zero-order valence-electron chi connectivity index (χ0n) is 8.81. The summed E-state index contributed by atoms with van der Waals surface area (Å²) in [5.41, 5.74) is 2.39. The standard InChI is InChI=1S/C12H9FN4/c13-8-3-5-9(6-4-8)15-12-11-10(16-17-12)2-1-7-14-11/h1-7H,(H2,15,16,17). The van der Waals surface area contributed by atoms with Gasteiger partial charge in [0.2, 0.25) is 0 Å². The summed E-state index contributed by atoms with van der Waals surface area (Å²) in [5.74, 6) is 0.368. The van der Waals surface area contributed by atoms with Gasteiger partial charge in [0, 0.05) is 11.9 Å². The minimum atomic E-state index is -0.263. The summed E-state index contributed by atoms with van der Waals surface area (Å²) in [7, 11) is 0. The molecule has 2 aromatic heterocycles. The second-order valence-corrected chi connectivity index (χ2v) is 3.60. The lowest BCUT2D eigenvalue weighted by Crippen LogP contribution is -1.91. The van der Waals surface area contributed by atoms with Crippen LogP contribution in [0.5, 0.6) is 0 Å².